The van der Waals surface area contributed by atoms with Gasteiger partial charge in [0.15, 0.2) is 0 Å². The van der Waals surface area contributed by atoms with Crippen LogP contribution in [0.1, 0.15) is 49.1 Å². The van der Waals surface area contributed by atoms with Crippen molar-refractivity contribution >= 4 is 23.4 Å². The lowest BCUT2D eigenvalue weighted by Crippen LogP contribution is -2.10. The predicted octanol–water partition coefficient (Wildman–Crippen LogP) is 7.44. The Morgan fingerprint density at radius 2 is 1.70 bits per heavy atom. The van der Waals surface area contributed by atoms with Gasteiger partial charge in [-0.3, -0.25) is 0 Å². The molecule has 3 nitrogen and oxygen atoms in total. The lowest BCUT2D eigenvalue weighted by Gasteiger charge is -2.22. The smallest absolute Gasteiger partial charge is 0.324 e. The molecular formula is C23H22F3N3S. The van der Waals surface area contributed by atoms with Crippen molar-refractivity contribution in [3.8, 4) is 0 Å². The van der Waals surface area contributed by atoms with E-state index in [1.54, 1.807) is 24.3 Å². The molecule has 1 saturated carbocycles. The number of alkyl halides is 3. The van der Waals surface area contributed by atoms with Crippen LogP contribution in [-0.2, 0) is 6.18 Å². The molecule has 30 heavy (non-hydrogen) atoms. The number of anilines is 2. The molecule has 7 heteroatoms. The van der Waals surface area contributed by atoms with Crippen molar-refractivity contribution in [2.45, 2.75) is 54.1 Å². The van der Waals surface area contributed by atoms with Crippen LogP contribution in [0.4, 0.5) is 24.8 Å². The number of halogens is 3. The molecular weight excluding hydrogens is 407 g/mol. The van der Waals surface area contributed by atoms with E-state index in [1.165, 1.54) is 37.7 Å². The average molecular weight is 430 g/mol. The zero-order chi connectivity index (χ0) is 21.0. The molecule has 0 radical (unpaired) electrons. The van der Waals surface area contributed by atoms with Gasteiger partial charge in [0.1, 0.15) is 10.6 Å². The minimum Gasteiger partial charge on any atom is -0.324 e. The van der Waals surface area contributed by atoms with E-state index in [1.807, 2.05) is 18.2 Å². The highest BCUT2D eigenvalue weighted by Gasteiger charge is 2.35. The fourth-order valence-electron chi connectivity index (χ4n) is 3.73. The highest BCUT2D eigenvalue weighted by Crippen LogP contribution is 2.39. The predicted molar refractivity (Wildman–Crippen MR) is 113 cm³/mol. The van der Waals surface area contributed by atoms with Gasteiger partial charge in [-0.25, -0.2) is 9.97 Å². The van der Waals surface area contributed by atoms with Gasteiger partial charge in [0, 0.05) is 16.8 Å². The molecule has 3 aromatic rings. The number of benzene rings is 2. The third kappa shape index (κ3) is 5.14. The van der Waals surface area contributed by atoms with Gasteiger partial charge in [-0.2, -0.15) is 13.2 Å². The molecule has 1 aromatic heterocycles. The Kier molecular flexibility index (Phi) is 6.27. The average Bonchev–Trinajstić information content (AvgIpc) is 2.75. The summed E-state index contributed by atoms with van der Waals surface area (Å²) >= 11 is 0.981. The van der Waals surface area contributed by atoms with Crippen LogP contribution < -0.4 is 5.32 Å². The summed E-state index contributed by atoms with van der Waals surface area (Å²) in [6, 6.07) is 16.9. The largest absolute Gasteiger partial charge is 0.420 e. The van der Waals surface area contributed by atoms with Gasteiger partial charge in [-0.15, -0.1) is 0 Å². The molecule has 4 rings (SSSR count). The standard InChI is InChI=1S/C23H22F3N3S/c24-23(25,26)20-15-27-22(29-21(20)30-19-12-5-2-6-13-19)28-18-11-7-10-17(14-18)16-8-3-1-4-9-16/h2,5-7,10-16H,1,3-4,8-9H2,(H,27,28,29). The number of aromatic nitrogens is 2. The zero-order valence-corrected chi connectivity index (χ0v) is 17.1. The van der Waals surface area contributed by atoms with Crippen molar-refractivity contribution in [1.29, 1.82) is 0 Å². The number of nitrogens with zero attached hydrogens (tertiary/aromatic N) is 2. The summed E-state index contributed by atoms with van der Waals surface area (Å²) in [5.74, 6) is 0.695. The maximum Gasteiger partial charge on any atom is 0.420 e. The van der Waals surface area contributed by atoms with Crippen molar-refractivity contribution in [2.24, 2.45) is 0 Å². The SMILES string of the molecule is FC(F)(F)c1cnc(Nc2cccc(C3CCCCC3)c2)nc1Sc1ccccc1. The normalized spacial score (nSPS) is 15.2. The summed E-state index contributed by atoms with van der Waals surface area (Å²) in [5, 5.41) is 2.97. The van der Waals surface area contributed by atoms with Crippen LogP contribution in [0.3, 0.4) is 0 Å². The van der Waals surface area contributed by atoms with E-state index in [-0.39, 0.29) is 11.0 Å². The van der Waals surface area contributed by atoms with Crippen LogP contribution in [0.2, 0.25) is 0 Å². The minimum absolute atomic E-state index is 0.116. The summed E-state index contributed by atoms with van der Waals surface area (Å²) < 4.78 is 40.4. The van der Waals surface area contributed by atoms with Crippen LogP contribution in [0, 0.1) is 0 Å². The van der Waals surface area contributed by atoms with E-state index in [0.717, 1.165) is 23.6 Å². The summed E-state index contributed by atoms with van der Waals surface area (Å²) in [6.45, 7) is 0. The number of nitrogens with one attached hydrogen (secondary N) is 1. The van der Waals surface area contributed by atoms with E-state index < -0.39 is 11.7 Å². The van der Waals surface area contributed by atoms with E-state index in [4.69, 9.17) is 0 Å². The number of rotatable bonds is 5. The Balaban J connectivity index is 1.59. The molecule has 2 aromatic carbocycles. The van der Waals surface area contributed by atoms with Gasteiger partial charge in [0.05, 0.1) is 0 Å². The topological polar surface area (TPSA) is 37.8 Å². The van der Waals surface area contributed by atoms with Gasteiger partial charge in [-0.1, -0.05) is 61.4 Å². The third-order valence-corrected chi connectivity index (χ3v) is 6.25. The molecule has 0 spiro atoms. The zero-order valence-electron chi connectivity index (χ0n) is 16.3. The third-order valence-electron chi connectivity index (χ3n) is 5.24. The fraction of sp³-hybridized carbons (Fsp3) is 0.304. The number of hydrogen-bond acceptors (Lipinski definition) is 4. The van der Waals surface area contributed by atoms with Gasteiger partial charge < -0.3 is 5.32 Å². The lowest BCUT2D eigenvalue weighted by molar-refractivity contribution is -0.140. The van der Waals surface area contributed by atoms with Gasteiger partial charge in [0.25, 0.3) is 0 Å². The lowest BCUT2D eigenvalue weighted by atomic mass is 9.84. The van der Waals surface area contributed by atoms with E-state index in [2.05, 4.69) is 27.4 Å². The van der Waals surface area contributed by atoms with Gasteiger partial charge in [0.2, 0.25) is 5.95 Å². The highest BCUT2D eigenvalue weighted by molar-refractivity contribution is 7.99. The summed E-state index contributed by atoms with van der Waals surface area (Å²) in [7, 11) is 0. The fourth-order valence-corrected chi connectivity index (χ4v) is 4.66. The molecule has 0 saturated heterocycles. The van der Waals surface area contributed by atoms with Crippen molar-refractivity contribution in [2.75, 3.05) is 5.32 Å². The van der Waals surface area contributed by atoms with Crippen LogP contribution in [0.25, 0.3) is 0 Å². The molecule has 1 fully saturated rings. The van der Waals surface area contributed by atoms with E-state index in [9.17, 15) is 13.2 Å². The molecule has 156 valence electrons. The Morgan fingerprint density at radius 3 is 2.43 bits per heavy atom. The summed E-state index contributed by atoms with van der Waals surface area (Å²) in [6.07, 6.45) is 2.46. The number of hydrogen-bond donors (Lipinski definition) is 1. The maximum atomic E-state index is 13.5. The molecule has 1 N–H and O–H groups in total. The molecule has 0 unspecified atom stereocenters. The first kappa shape index (κ1) is 20.7. The Labute approximate surface area is 178 Å². The van der Waals surface area contributed by atoms with Crippen LogP contribution in [0.5, 0.6) is 0 Å². The second-order valence-corrected chi connectivity index (χ2v) is 8.47. The van der Waals surface area contributed by atoms with Gasteiger partial charge >= 0.3 is 6.18 Å². The Bertz CT molecular complexity index is 986. The minimum atomic E-state index is -4.52. The first-order valence-electron chi connectivity index (χ1n) is 10.0. The van der Waals surface area contributed by atoms with Crippen LogP contribution in [-0.4, -0.2) is 9.97 Å². The van der Waals surface area contributed by atoms with Crippen molar-refractivity contribution < 1.29 is 13.2 Å². The highest BCUT2D eigenvalue weighted by atomic mass is 32.2. The van der Waals surface area contributed by atoms with Crippen molar-refractivity contribution in [3.63, 3.8) is 0 Å². The second-order valence-electron chi connectivity index (χ2n) is 7.41. The monoisotopic (exact) mass is 429 g/mol. The van der Waals surface area contributed by atoms with Crippen LogP contribution in [0.15, 0.2) is 70.7 Å². The maximum absolute atomic E-state index is 13.5. The Hall–Kier alpha value is -2.54. The molecule has 0 aliphatic heterocycles. The molecule has 0 atom stereocenters. The summed E-state index contributed by atoms with van der Waals surface area (Å²) in [5.41, 5.74) is 1.21. The van der Waals surface area contributed by atoms with Gasteiger partial charge in [-0.05, 0) is 48.6 Å². The van der Waals surface area contributed by atoms with E-state index >= 15 is 0 Å². The Morgan fingerprint density at radius 1 is 0.933 bits per heavy atom. The first-order chi connectivity index (χ1) is 14.5. The summed E-state index contributed by atoms with van der Waals surface area (Å²) in [4.78, 5) is 8.81. The quantitative estimate of drug-likeness (QED) is 0.428. The molecule has 1 aliphatic carbocycles. The molecule has 0 amide bonds. The second kappa shape index (κ2) is 9.08. The van der Waals surface area contributed by atoms with Crippen molar-refractivity contribution in [1.82, 2.24) is 9.97 Å². The molecule has 1 aliphatic rings. The van der Waals surface area contributed by atoms with Crippen molar-refractivity contribution in [3.05, 3.63) is 71.9 Å². The van der Waals surface area contributed by atoms with E-state index in [0.29, 0.717) is 10.8 Å². The molecule has 1 heterocycles. The first-order valence-corrected chi connectivity index (χ1v) is 10.8. The molecule has 0 bridgehead atoms. The van der Waals surface area contributed by atoms with Crippen LogP contribution >= 0.6 is 11.8 Å².